The molecule has 0 aliphatic heterocycles. The van der Waals surface area contributed by atoms with Crippen LogP contribution in [0.3, 0.4) is 0 Å². The predicted molar refractivity (Wildman–Crippen MR) is 75.3 cm³/mol. The summed E-state index contributed by atoms with van der Waals surface area (Å²) in [6.45, 7) is 0.228. The summed E-state index contributed by atoms with van der Waals surface area (Å²) in [5.41, 5.74) is 2.25. The monoisotopic (exact) mass is 295 g/mol. The number of aromatic amines is 1. The minimum Gasteiger partial charge on any atom is -0.392 e. The second-order valence-electron chi connectivity index (χ2n) is 4.46. The van der Waals surface area contributed by atoms with Gasteiger partial charge in [0.25, 0.3) is 0 Å². The molecule has 0 aliphatic carbocycles. The first-order valence-electron chi connectivity index (χ1n) is 6.22. The molecular formula is C13H17N3O3S. The summed E-state index contributed by atoms with van der Waals surface area (Å²) in [5.74, 6) is -0.0934. The summed E-state index contributed by atoms with van der Waals surface area (Å²) in [6.07, 6.45) is 3.79. The molecule has 1 aromatic heterocycles. The fraction of sp³-hybridized carbons (Fsp3) is 0.308. The molecule has 0 saturated heterocycles. The lowest BCUT2D eigenvalue weighted by molar-refractivity contribution is 0.282. The number of imidazole rings is 1. The molecule has 0 fully saturated rings. The maximum Gasteiger partial charge on any atom is 0.215 e. The Balaban J connectivity index is 1.89. The van der Waals surface area contributed by atoms with Gasteiger partial charge in [-0.05, 0) is 11.1 Å². The Hall–Kier alpha value is -1.70. The van der Waals surface area contributed by atoms with Crippen molar-refractivity contribution >= 4 is 10.0 Å². The number of aliphatic hydroxyl groups is 1. The number of nitrogens with zero attached hydrogens (tertiary/aromatic N) is 1. The molecule has 7 heteroatoms. The molecule has 0 atom stereocenters. The van der Waals surface area contributed by atoms with Crippen LogP contribution in [0.2, 0.25) is 0 Å². The summed E-state index contributed by atoms with van der Waals surface area (Å²) in [7, 11) is -3.38. The van der Waals surface area contributed by atoms with Crippen molar-refractivity contribution in [3.63, 3.8) is 0 Å². The zero-order valence-electron chi connectivity index (χ0n) is 10.9. The average Bonchev–Trinajstić information content (AvgIpc) is 2.91. The van der Waals surface area contributed by atoms with Crippen molar-refractivity contribution in [2.24, 2.45) is 0 Å². The molecule has 0 unspecified atom stereocenters. The minimum absolute atomic E-state index is 0.0934. The molecule has 0 amide bonds. The molecule has 0 aliphatic rings. The summed E-state index contributed by atoms with van der Waals surface area (Å²) >= 11 is 0. The Labute approximate surface area is 117 Å². The molecule has 0 saturated carbocycles. The molecule has 0 radical (unpaired) electrons. The van der Waals surface area contributed by atoms with E-state index in [-0.39, 0.29) is 12.4 Å². The van der Waals surface area contributed by atoms with Gasteiger partial charge in [-0.1, -0.05) is 24.3 Å². The van der Waals surface area contributed by atoms with Crippen molar-refractivity contribution in [2.45, 2.75) is 18.8 Å². The lowest BCUT2D eigenvalue weighted by Gasteiger charge is -2.07. The van der Waals surface area contributed by atoms with E-state index in [1.54, 1.807) is 36.8 Å². The van der Waals surface area contributed by atoms with E-state index in [1.807, 2.05) is 0 Å². The maximum absolute atomic E-state index is 11.9. The van der Waals surface area contributed by atoms with Crippen LogP contribution in [-0.2, 0) is 28.8 Å². The number of aromatic nitrogens is 2. The molecule has 2 rings (SSSR count). The van der Waals surface area contributed by atoms with Gasteiger partial charge < -0.3 is 10.1 Å². The Kier molecular flexibility index (Phi) is 4.89. The van der Waals surface area contributed by atoms with Crippen molar-refractivity contribution < 1.29 is 13.5 Å². The molecule has 108 valence electrons. The number of sulfonamides is 1. The lowest BCUT2D eigenvalue weighted by Crippen LogP contribution is -2.27. The van der Waals surface area contributed by atoms with Gasteiger partial charge in [0.15, 0.2) is 0 Å². The Morgan fingerprint density at radius 3 is 2.80 bits per heavy atom. The lowest BCUT2D eigenvalue weighted by atomic mass is 10.1. The highest BCUT2D eigenvalue weighted by atomic mass is 32.2. The molecule has 1 aromatic carbocycles. The number of hydrogen-bond donors (Lipinski definition) is 3. The highest BCUT2D eigenvalue weighted by Crippen LogP contribution is 2.08. The fourth-order valence-electron chi connectivity index (χ4n) is 1.85. The van der Waals surface area contributed by atoms with Gasteiger partial charge in [-0.2, -0.15) is 0 Å². The third kappa shape index (κ3) is 4.44. The van der Waals surface area contributed by atoms with Crippen LogP contribution in [0.5, 0.6) is 0 Å². The van der Waals surface area contributed by atoms with Gasteiger partial charge in [0.1, 0.15) is 0 Å². The van der Waals surface area contributed by atoms with Gasteiger partial charge in [0.2, 0.25) is 10.0 Å². The highest BCUT2D eigenvalue weighted by molar-refractivity contribution is 7.88. The van der Waals surface area contributed by atoms with Crippen LogP contribution >= 0.6 is 0 Å². The average molecular weight is 295 g/mol. The molecule has 20 heavy (non-hydrogen) atoms. The van der Waals surface area contributed by atoms with E-state index in [9.17, 15) is 8.42 Å². The third-order valence-electron chi connectivity index (χ3n) is 2.80. The number of benzene rings is 1. The second kappa shape index (κ2) is 6.65. The van der Waals surface area contributed by atoms with E-state index in [4.69, 9.17) is 5.11 Å². The van der Waals surface area contributed by atoms with Crippen LogP contribution in [-0.4, -0.2) is 30.0 Å². The number of rotatable bonds is 7. The molecular weight excluding hydrogens is 278 g/mol. The SMILES string of the molecule is O=S(=O)(Cc1cccc(CO)c1)NCCc1cnc[nH]1. The molecule has 2 aromatic rings. The zero-order valence-corrected chi connectivity index (χ0v) is 11.7. The number of H-pyrrole nitrogens is 1. The van der Waals surface area contributed by atoms with E-state index in [2.05, 4.69) is 14.7 Å². The van der Waals surface area contributed by atoms with Crippen LogP contribution in [0.25, 0.3) is 0 Å². The van der Waals surface area contributed by atoms with Crippen LogP contribution in [0.15, 0.2) is 36.8 Å². The first kappa shape index (κ1) is 14.7. The zero-order chi connectivity index (χ0) is 14.4. The quantitative estimate of drug-likeness (QED) is 0.695. The van der Waals surface area contributed by atoms with Crippen molar-refractivity contribution in [2.75, 3.05) is 6.54 Å². The molecule has 0 bridgehead atoms. The largest absolute Gasteiger partial charge is 0.392 e. The number of nitrogens with one attached hydrogen (secondary N) is 2. The van der Waals surface area contributed by atoms with E-state index in [1.165, 1.54) is 0 Å². The van der Waals surface area contributed by atoms with Crippen LogP contribution in [0.1, 0.15) is 16.8 Å². The Bertz CT molecular complexity index is 639. The van der Waals surface area contributed by atoms with Crippen LogP contribution in [0.4, 0.5) is 0 Å². The van der Waals surface area contributed by atoms with Crippen molar-refractivity contribution in [1.29, 1.82) is 0 Å². The smallest absolute Gasteiger partial charge is 0.215 e. The van der Waals surface area contributed by atoms with E-state index in [0.29, 0.717) is 24.1 Å². The number of aliphatic hydroxyl groups excluding tert-OH is 1. The summed E-state index contributed by atoms with van der Waals surface area (Å²) in [6, 6.07) is 6.91. The fourth-order valence-corrected chi connectivity index (χ4v) is 2.98. The van der Waals surface area contributed by atoms with E-state index in [0.717, 1.165) is 5.69 Å². The van der Waals surface area contributed by atoms with E-state index < -0.39 is 10.0 Å². The topological polar surface area (TPSA) is 95.1 Å². The Morgan fingerprint density at radius 1 is 1.30 bits per heavy atom. The normalized spacial score (nSPS) is 11.7. The van der Waals surface area contributed by atoms with Gasteiger partial charge in [0.05, 0.1) is 18.7 Å². The molecule has 1 heterocycles. The number of hydrogen-bond acceptors (Lipinski definition) is 4. The van der Waals surface area contributed by atoms with E-state index >= 15 is 0 Å². The first-order chi connectivity index (χ1) is 9.59. The van der Waals surface area contributed by atoms with Gasteiger partial charge in [-0.3, -0.25) is 0 Å². The van der Waals surface area contributed by atoms with Crippen LogP contribution < -0.4 is 4.72 Å². The van der Waals surface area contributed by atoms with Crippen molar-refractivity contribution in [3.8, 4) is 0 Å². The molecule has 6 nitrogen and oxygen atoms in total. The minimum atomic E-state index is -3.38. The van der Waals surface area contributed by atoms with Gasteiger partial charge in [-0.15, -0.1) is 0 Å². The second-order valence-corrected chi connectivity index (χ2v) is 6.27. The third-order valence-corrected chi connectivity index (χ3v) is 4.16. The van der Waals surface area contributed by atoms with Crippen molar-refractivity contribution in [3.05, 3.63) is 53.6 Å². The molecule has 0 spiro atoms. The van der Waals surface area contributed by atoms with Gasteiger partial charge >= 0.3 is 0 Å². The first-order valence-corrected chi connectivity index (χ1v) is 7.87. The van der Waals surface area contributed by atoms with Crippen molar-refractivity contribution in [1.82, 2.24) is 14.7 Å². The Morgan fingerprint density at radius 2 is 2.10 bits per heavy atom. The molecule has 3 N–H and O–H groups in total. The van der Waals surface area contributed by atoms with Gasteiger partial charge in [-0.25, -0.2) is 18.1 Å². The maximum atomic E-state index is 11.9. The summed E-state index contributed by atoms with van der Waals surface area (Å²) < 4.78 is 26.4. The summed E-state index contributed by atoms with van der Waals surface area (Å²) in [4.78, 5) is 6.78. The van der Waals surface area contributed by atoms with Gasteiger partial charge in [0, 0.05) is 24.9 Å². The summed E-state index contributed by atoms with van der Waals surface area (Å²) in [5, 5.41) is 9.03. The predicted octanol–water partition coefficient (Wildman–Crippen LogP) is 0.564. The highest BCUT2D eigenvalue weighted by Gasteiger charge is 2.11. The van der Waals surface area contributed by atoms with Crippen LogP contribution in [0, 0.1) is 0 Å². The standard InChI is InChI=1S/C13H17N3O3S/c17-8-11-2-1-3-12(6-11)9-20(18,19)16-5-4-13-7-14-10-15-13/h1-3,6-7,10,16-17H,4-5,8-9H2,(H,14,15).